The lowest BCUT2D eigenvalue weighted by Gasteiger charge is -2.06. The second-order valence-electron chi connectivity index (χ2n) is 4.95. The van der Waals surface area contributed by atoms with E-state index < -0.39 is 0 Å². The second-order valence-corrected chi connectivity index (χ2v) is 4.95. The number of hydrogen-bond acceptors (Lipinski definition) is 1. The molecule has 0 bridgehead atoms. The van der Waals surface area contributed by atoms with Crippen molar-refractivity contribution in [3.8, 4) is 0 Å². The fourth-order valence-corrected chi connectivity index (χ4v) is 1.65. The topological polar surface area (TPSA) is 26.0 Å². The molecule has 0 spiro atoms. The van der Waals surface area contributed by atoms with Crippen LogP contribution in [0.4, 0.5) is 0 Å². The first-order chi connectivity index (χ1) is 8.43. The van der Waals surface area contributed by atoms with Crippen molar-refractivity contribution in [1.29, 1.82) is 0 Å². The molecule has 0 amide bonds. The molecule has 0 fully saturated rings. The first-order valence-corrected chi connectivity index (χ1v) is 6.26. The minimum Gasteiger partial charge on any atom is -0.326 e. The minimum absolute atomic E-state index is 0.568. The molecule has 0 unspecified atom stereocenters. The Labute approximate surface area is 111 Å². The number of benzene rings is 1. The predicted molar refractivity (Wildman–Crippen MR) is 81.3 cm³/mol. The molecule has 0 atom stereocenters. The molecule has 2 N–H and O–H groups in total. The Morgan fingerprint density at radius 1 is 1.17 bits per heavy atom. The first-order valence-electron chi connectivity index (χ1n) is 6.26. The van der Waals surface area contributed by atoms with Crippen molar-refractivity contribution >= 4 is 5.57 Å². The van der Waals surface area contributed by atoms with E-state index in [1.165, 1.54) is 16.7 Å². The fourth-order valence-electron chi connectivity index (χ4n) is 1.65. The van der Waals surface area contributed by atoms with E-state index in [1.54, 1.807) is 0 Å². The van der Waals surface area contributed by atoms with E-state index in [-0.39, 0.29) is 0 Å². The Bertz CT molecular complexity index is 500. The molecule has 0 aromatic heterocycles. The van der Waals surface area contributed by atoms with Crippen molar-refractivity contribution < 1.29 is 0 Å². The Morgan fingerprint density at radius 3 is 2.39 bits per heavy atom. The second kappa shape index (κ2) is 6.36. The molecule has 0 aliphatic carbocycles. The third-order valence-electron chi connectivity index (χ3n) is 3.07. The van der Waals surface area contributed by atoms with Gasteiger partial charge < -0.3 is 5.73 Å². The molecule has 18 heavy (non-hydrogen) atoms. The highest BCUT2D eigenvalue weighted by atomic mass is 14.5. The van der Waals surface area contributed by atoms with Gasteiger partial charge in [0.1, 0.15) is 0 Å². The van der Waals surface area contributed by atoms with Gasteiger partial charge in [-0.05, 0) is 50.5 Å². The van der Waals surface area contributed by atoms with Crippen LogP contribution in [0.2, 0.25) is 0 Å². The number of hydrogen-bond donors (Lipinski definition) is 1. The van der Waals surface area contributed by atoms with E-state index in [1.807, 2.05) is 0 Å². The minimum atomic E-state index is 0.568. The molecule has 0 aliphatic rings. The standard InChI is InChI=1S/C17H23N/c1-12(2)14(4)6-7-15(5)17-9-13(3)8-16(10-17)11-18/h6-10H,5,11,18H2,1-4H3/b7-6-. The zero-order valence-electron chi connectivity index (χ0n) is 11.9. The monoisotopic (exact) mass is 241 g/mol. The van der Waals surface area contributed by atoms with E-state index in [0.29, 0.717) is 6.54 Å². The maximum Gasteiger partial charge on any atom is 0.0178 e. The largest absolute Gasteiger partial charge is 0.326 e. The summed E-state index contributed by atoms with van der Waals surface area (Å²) in [6.07, 6.45) is 4.18. The Hall–Kier alpha value is -1.60. The lowest BCUT2D eigenvalue weighted by molar-refractivity contribution is 1.06. The summed E-state index contributed by atoms with van der Waals surface area (Å²) in [5.74, 6) is 0. The van der Waals surface area contributed by atoms with Gasteiger partial charge in [-0.1, -0.05) is 47.6 Å². The molecule has 0 heterocycles. The van der Waals surface area contributed by atoms with Crippen molar-refractivity contribution in [2.24, 2.45) is 5.73 Å². The molecule has 1 aromatic carbocycles. The quantitative estimate of drug-likeness (QED) is 0.778. The average molecular weight is 241 g/mol. The molecule has 96 valence electrons. The molecular weight excluding hydrogens is 218 g/mol. The van der Waals surface area contributed by atoms with Crippen LogP contribution in [-0.2, 0) is 6.54 Å². The number of nitrogens with two attached hydrogens (primary N) is 1. The zero-order chi connectivity index (χ0) is 13.7. The number of rotatable bonds is 4. The molecule has 1 nitrogen and oxygen atoms in total. The third kappa shape index (κ3) is 4.01. The van der Waals surface area contributed by atoms with Gasteiger partial charge in [-0.3, -0.25) is 0 Å². The van der Waals surface area contributed by atoms with Gasteiger partial charge in [0.2, 0.25) is 0 Å². The van der Waals surface area contributed by atoms with Crippen LogP contribution in [0.5, 0.6) is 0 Å². The third-order valence-corrected chi connectivity index (χ3v) is 3.07. The van der Waals surface area contributed by atoms with Crippen LogP contribution in [0.25, 0.3) is 5.57 Å². The van der Waals surface area contributed by atoms with Gasteiger partial charge in [0.15, 0.2) is 0 Å². The smallest absolute Gasteiger partial charge is 0.0178 e. The highest BCUT2D eigenvalue weighted by molar-refractivity contribution is 5.73. The van der Waals surface area contributed by atoms with Crippen molar-refractivity contribution in [3.63, 3.8) is 0 Å². The molecule has 0 radical (unpaired) electrons. The van der Waals surface area contributed by atoms with Crippen molar-refractivity contribution in [1.82, 2.24) is 0 Å². The van der Waals surface area contributed by atoms with Crippen molar-refractivity contribution in [2.75, 3.05) is 0 Å². The lowest BCUT2D eigenvalue weighted by atomic mass is 10.00. The number of aryl methyl sites for hydroxylation is 1. The van der Waals surface area contributed by atoms with Crippen molar-refractivity contribution in [2.45, 2.75) is 34.2 Å². The maximum absolute atomic E-state index is 5.69. The molecule has 1 heteroatoms. The van der Waals surface area contributed by atoms with Crippen LogP contribution in [-0.4, -0.2) is 0 Å². The van der Waals surface area contributed by atoms with E-state index in [2.05, 4.69) is 64.6 Å². The van der Waals surface area contributed by atoms with Crippen LogP contribution in [0.1, 0.15) is 37.5 Å². The summed E-state index contributed by atoms with van der Waals surface area (Å²) >= 11 is 0. The summed E-state index contributed by atoms with van der Waals surface area (Å²) in [6, 6.07) is 6.36. The summed E-state index contributed by atoms with van der Waals surface area (Å²) in [7, 11) is 0. The maximum atomic E-state index is 5.69. The van der Waals surface area contributed by atoms with Gasteiger partial charge >= 0.3 is 0 Å². The van der Waals surface area contributed by atoms with Crippen LogP contribution >= 0.6 is 0 Å². The van der Waals surface area contributed by atoms with Crippen LogP contribution in [0, 0.1) is 6.92 Å². The van der Waals surface area contributed by atoms with E-state index in [0.717, 1.165) is 16.7 Å². The van der Waals surface area contributed by atoms with Gasteiger partial charge in [-0.25, -0.2) is 0 Å². The Balaban J connectivity index is 2.98. The Morgan fingerprint density at radius 2 is 1.83 bits per heavy atom. The van der Waals surface area contributed by atoms with Gasteiger partial charge in [-0.2, -0.15) is 0 Å². The molecule has 1 aromatic rings. The normalized spacial score (nSPS) is 10.7. The highest BCUT2D eigenvalue weighted by Crippen LogP contribution is 2.19. The summed E-state index contributed by atoms with van der Waals surface area (Å²) in [5, 5.41) is 0. The summed E-state index contributed by atoms with van der Waals surface area (Å²) in [4.78, 5) is 0. The van der Waals surface area contributed by atoms with Gasteiger partial charge in [0, 0.05) is 6.54 Å². The summed E-state index contributed by atoms with van der Waals surface area (Å²) in [5.41, 5.74) is 12.8. The van der Waals surface area contributed by atoms with Gasteiger partial charge in [-0.15, -0.1) is 0 Å². The Kier molecular flexibility index (Phi) is 5.11. The predicted octanol–water partition coefficient (Wildman–Crippen LogP) is 4.38. The van der Waals surface area contributed by atoms with E-state index in [9.17, 15) is 0 Å². The van der Waals surface area contributed by atoms with Crippen LogP contribution < -0.4 is 5.73 Å². The fraction of sp³-hybridized carbons (Fsp3) is 0.294. The van der Waals surface area contributed by atoms with Gasteiger partial charge in [0.05, 0.1) is 0 Å². The highest BCUT2D eigenvalue weighted by Gasteiger charge is 1.99. The molecule has 1 rings (SSSR count). The lowest BCUT2D eigenvalue weighted by Crippen LogP contribution is -1.97. The summed E-state index contributed by atoms with van der Waals surface area (Å²) < 4.78 is 0. The van der Waals surface area contributed by atoms with E-state index >= 15 is 0 Å². The summed E-state index contributed by atoms with van der Waals surface area (Å²) in [6.45, 7) is 13.1. The average Bonchev–Trinajstić information content (AvgIpc) is 2.34. The molecule has 0 saturated carbocycles. The molecular formula is C17H23N. The molecule has 0 saturated heterocycles. The zero-order valence-corrected chi connectivity index (χ0v) is 11.9. The van der Waals surface area contributed by atoms with E-state index in [4.69, 9.17) is 5.73 Å². The molecule has 0 aliphatic heterocycles. The SMILES string of the molecule is C=C(/C=C\C(C)=C(C)C)c1cc(C)cc(CN)c1. The van der Waals surface area contributed by atoms with Crippen LogP contribution in [0.3, 0.4) is 0 Å². The first kappa shape index (κ1) is 14.5. The van der Waals surface area contributed by atoms with Crippen molar-refractivity contribution in [3.05, 3.63) is 64.8 Å². The number of allylic oxidation sites excluding steroid dienone is 5. The van der Waals surface area contributed by atoms with Gasteiger partial charge in [0.25, 0.3) is 0 Å². The van der Waals surface area contributed by atoms with Crippen LogP contribution in [0.15, 0.2) is 48.1 Å².